The molecule has 1 aromatic rings. The molecule has 1 rings (SSSR count). The third kappa shape index (κ3) is 4.07. The highest BCUT2D eigenvalue weighted by Crippen LogP contribution is 2.21. The van der Waals surface area contributed by atoms with E-state index in [4.69, 9.17) is 10.5 Å². The van der Waals surface area contributed by atoms with Crippen molar-refractivity contribution in [3.8, 4) is 0 Å². The fourth-order valence-electron chi connectivity index (χ4n) is 1.85. The van der Waals surface area contributed by atoms with Crippen LogP contribution in [0.15, 0.2) is 41.4 Å². The van der Waals surface area contributed by atoms with Crippen molar-refractivity contribution in [1.82, 2.24) is 0 Å². The maximum atomic E-state index is 14.1. The molecule has 0 heterocycles. The summed E-state index contributed by atoms with van der Waals surface area (Å²) in [5, 5.41) is 0. The Labute approximate surface area is 125 Å². The molecule has 0 saturated heterocycles. The molecule has 1 atom stereocenters. The number of aryl methyl sites for hydroxylation is 2. The van der Waals surface area contributed by atoms with Gasteiger partial charge in [0.05, 0.1) is 7.11 Å². The number of rotatable bonds is 5. The average molecular weight is 288 g/mol. The van der Waals surface area contributed by atoms with Crippen LogP contribution in [0.5, 0.6) is 0 Å². The van der Waals surface area contributed by atoms with E-state index >= 15 is 0 Å². The molecule has 0 aliphatic carbocycles. The molecule has 0 aliphatic rings. The SMILES string of the molecule is C=C=C(OC)C(C)N=C/C(=C\N)c1cc(C)c(C)cc1F. The normalized spacial score (nSPS) is 13.1. The van der Waals surface area contributed by atoms with Crippen LogP contribution in [-0.2, 0) is 4.74 Å². The molecular weight excluding hydrogens is 267 g/mol. The first-order valence-electron chi connectivity index (χ1n) is 6.60. The zero-order valence-corrected chi connectivity index (χ0v) is 12.9. The fraction of sp³-hybridized carbons (Fsp3) is 0.294. The molecule has 0 bridgehead atoms. The highest BCUT2D eigenvalue weighted by atomic mass is 19.1. The van der Waals surface area contributed by atoms with Crippen LogP contribution < -0.4 is 5.73 Å². The number of hydrogen-bond donors (Lipinski definition) is 1. The van der Waals surface area contributed by atoms with E-state index in [9.17, 15) is 4.39 Å². The molecule has 0 saturated carbocycles. The summed E-state index contributed by atoms with van der Waals surface area (Å²) < 4.78 is 19.2. The van der Waals surface area contributed by atoms with Gasteiger partial charge in [0.2, 0.25) is 0 Å². The highest BCUT2D eigenvalue weighted by Gasteiger charge is 2.10. The molecule has 3 nitrogen and oxygen atoms in total. The Bertz CT molecular complexity index is 626. The number of aliphatic imine (C=N–C) groups is 1. The van der Waals surface area contributed by atoms with Crippen molar-refractivity contribution in [2.24, 2.45) is 10.7 Å². The van der Waals surface area contributed by atoms with Crippen LogP contribution in [0.1, 0.15) is 23.6 Å². The largest absolute Gasteiger partial charge is 0.491 e. The molecule has 4 heteroatoms. The minimum Gasteiger partial charge on any atom is -0.491 e. The van der Waals surface area contributed by atoms with Crippen LogP contribution in [0.4, 0.5) is 4.39 Å². The van der Waals surface area contributed by atoms with Crippen molar-refractivity contribution in [3.63, 3.8) is 0 Å². The predicted molar refractivity (Wildman–Crippen MR) is 85.7 cm³/mol. The minimum absolute atomic E-state index is 0.267. The number of nitrogens with two attached hydrogens (primary N) is 1. The lowest BCUT2D eigenvalue weighted by Crippen LogP contribution is -2.05. The summed E-state index contributed by atoms with van der Waals surface area (Å²) in [6.45, 7) is 9.16. The summed E-state index contributed by atoms with van der Waals surface area (Å²) >= 11 is 0. The first kappa shape index (κ1) is 16.7. The number of halogens is 1. The Morgan fingerprint density at radius 1 is 1.43 bits per heavy atom. The van der Waals surface area contributed by atoms with Crippen molar-refractivity contribution < 1.29 is 9.13 Å². The van der Waals surface area contributed by atoms with Gasteiger partial charge in [0.1, 0.15) is 11.9 Å². The Kier molecular flexibility index (Phi) is 5.94. The molecule has 21 heavy (non-hydrogen) atoms. The monoisotopic (exact) mass is 288 g/mol. The van der Waals surface area contributed by atoms with Crippen molar-refractivity contribution in [2.75, 3.05) is 7.11 Å². The Balaban J connectivity index is 3.11. The number of benzene rings is 1. The fourth-order valence-corrected chi connectivity index (χ4v) is 1.85. The molecule has 1 aromatic carbocycles. The lowest BCUT2D eigenvalue weighted by Gasteiger charge is -2.10. The van der Waals surface area contributed by atoms with E-state index in [-0.39, 0.29) is 11.9 Å². The predicted octanol–water partition coefficient (Wildman–Crippen LogP) is 3.52. The molecule has 0 aromatic heterocycles. The second-order valence-electron chi connectivity index (χ2n) is 4.74. The van der Waals surface area contributed by atoms with Crippen molar-refractivity contribution >= 4 is 11.8 Å². The van der Waals surface area contributed by atoms with Gasteiger partial charge >= 0.3 is 0 Å². The molecule has 112 valence electrons. The van der Waals surface area contributed by atoms with Gasteiger partial charge in [-0.05, 0) is 44.0 Å². The van der Waals surface area contributed by atoms with Crippen molar-refractivity contribution in [3.05, 3.63) is 58.9 Å². The molecule has 0 aliphatic heterocycles. The second kappa shape index (κ2) is 7.46. The zero-order valence-electron chi connectivity index (χ0n) is 12.9. The summed E-state index contributed by atoms with van der Waals surface area (Å²) in [7, 11) is 1.53. The lowest BCUT2D eigenvalue weighted by molar-refractivity contribution is 0.270. The molecule has 0 amide bonds. The summed E-state index contributed by atoms with van der Waals surface area (Å²) in [5.41, 5.74) is 11.1. The summed E-state index contributed by atoms with van der Waals surface area (Å²) in [6.07, 6.45) is 2.88. The third-order valence-corrected chi connectivity index (χ3v) is 3.28. The number of allylic oxidation sites excluding steroid dienone is 1. The van der Waals surface area contributed by atoms with Gasteiger partial charge in [-0.2, -0.15) is 0 Å². The van der Waals surface area contributed by atoms with Gasteiger partial charge in [-0.25, -0.2) is 4.39 Å². The van der Waals surface area contributed by atoms with Crippen LogP contribution in [0.25, 0.3) is 5.57 Å². The number of hydrogen-bond acceptors (Lipinski definition) is 3. The average Bonchev–Trinajstić information content (AvgIpc) is 2.46. The van der Waals surface area contributed by atoms with Gasteiger partial charge in [0.25, 0.3) is 0 Å². The molecule has 0 spiro atoms. The summed E-state index contributed by atoms with van der Waals surface area (Å²) in [5.74, 6) is 0.198. The highest BCUT2D eigenvalue weighted by molar-refractivity contribution is 6.09. The van der Waals surface area contributed by atoms with Crippen molar-refractivity contribution in [1.29, 1.82) is 0 Å². The van der Waals surface area contributed by atoms with Crippen LogP contribution in [0, 0.1) is 19.7 Å². The van der Waals surface area contributed by atoms with E-state index in [0.717, 1.165) is 11.1 Å². The standard InChI is InChI=1S/C17H21FN2O/c1-6-17(21-5)13(4)20-10-14(9-19)15-7-11(2)12(3)8-16(15)18/h7-10,13H,1,19H2,2-5H3/b14-9+,20-10?. The minimum atomic E-state index is -0.319. The smallest absolute Gasteiger partial charge is 0.161 e. The first-order chi connectivity index (χ1) is 9.94. The molecular formula is C17H21FN2O. The molecule has 2 N–H and O–H groups in total. The zero-order chi connectivity index (χ0) is 16.0. The summed E-state index contributed by atoms with van der Waals surface area (Å²) in [6, 6.07) is 2.99. The van der Waals surface area contributed by atoms with E-state index in [0.29, 0.717) is 16.9 Å². The number of ether oxygens (including phenoxy) is 1. The van der Waals surface area contributed by atoms with Crippen LogP contribution in [0.3, 0.4) is 0 Å². The maximum Gasteiger partial charge on any atom is 0.161 e. The van der Waals surface area contributed by atoms with E-state index in [1.165, 1.54) is 25.6 Å². The second-order valence-corrected chi connectivity index (χ2v) is 4.74. The van der Waals surface area contributed by atoms with E-state index in [2.05, 4.69) is 17.3 Å². The van der Waals surface area contributed by atoms with Gasteiger partial charge in [0, 0.05) is 23.6 Å². The molecule has 0 radical (unpaired) electrons. The maximum absolute atomic E-state index is 14.1. The topological polar surface area (TPSA) is 47.6 Å². The van der Waals surface area contributed by atoms with Gasteiger partial charge in [0.15, 0.2) is 5.76 Å². The third-order valence-electron chi connectivity index (χ3n) is 3.28. The molecule has 1 unspecified atom stereocenters. The van der Waals surface area contributed by atoms with Gasteiger partial charge in [-0.3, -0.25) is 4.99 Å². The van der Waals surface area contributed by atoms with Crippen LogP contribution in [-0.4, -0.2) is 19.4 Å². The Morgan fingerprint density at radius 2 is 2.05 bits per heavy atom. The van der Waals surface area contributed by atoms with Gasteiger partial charge in [-0.1, -0.05) is 12.3 Å². The first-order valence-corrected chi connectivity index (χ1v) is 6.60. The quantitative estimate of drug-likeness (QED) is 0.512. The van der Waals surface area contributed by atoms with E-state index in [1.807, 2.05) is 20.8 Å². The van der Waals surface area contributed by atoms with Gasteiger partial charge in [-0.15, -0.1) is 0 Å². The van der Waals surface area contributed by atoms with E-state index < -0.39 is 0 Å². The number of nitrogens with zero attached hydrogens (tertiary/aromatic N) is 1. The number of methoxy groups -OCH3 is 1. The van der Waals surface area contributed by atoms with Crippen LogP contribution in [0.2, 0.25) is 0 Å². The molecule has 0 fully saturated rings. The van der Waals surface area contributed by atoms with Crippen molar-refractivity contribution in [2.45, 2.75) is 26.8 Å². The van der Waals surface area contributed by atoms with E-state index in [1.54, 1.807) is 6.07 Å². The lowest BCUT2D eigenvalue weighted by atomic mass is 10.0. The summed E-state index contributed by atoms with van der Waals surface area (Å²) in [4.78, 5) is 4.30. The Hall–Kier alpha value is -2.32. The van der Waals surface area contributed by atoms with Gasteiger partial charge < -0.3 is 10.5 Å². The van der Waals surface area contributed by atoms with Crippen LogP contribution >= 0.6 is 0 Å². The Morgan fingerprint density at radius 3 is 2.57 bits per heavy atom.